The summed E-state index contributed by atoms with van der Waals surface area (Å²) in [5, 5.41) is 15.1. The highest BCUT2D eigenvalue weighted by molar-refractivity contribution is 7.99. The fourth-order valence-electron chi connectivity index (χ4n) is 3.26. The topological polar surface area (TPSA) is 98.1 Å². The molecule has 0 radical (unpaired) electrons. The van der Waals surface area contributed by atoms with Gasteiger partial charge in [0.05, 0.1) is 35.1 Å². The Bertz CT molecular complexity index is 1420. The number of rotatable bonds is 9. The van der Waals surface area contributed by atoms with E-state index in [9.17, 15) is 14.0 Å². The lowest BCUT2D eigenvalue weighted by molar-refractivity contribution is -0.113. The maximum Gasteiger partial charge on any atom is 0.251 e. The molecule has 0 saturated carbocycles. The van der Waals surface area contributed by atoms with Gasteiger partial charge in [-0.1, -0.05) is 35.0 Å². The molecule has 1 aromatic heterocycles. The first-order valence-corrected chi connectivity index (χ1v) is 12.6. The van der Waals surface area contributed by atoms with Gasteiger partial charge in [0.15, 0.2) is 11.0 Å². The summed E-state index contributed by atoms with van der Waals surface area (Å²) in [6.45, 7) is 0.0560. The normalized spacial score (nSPS) is 10.7. The molecule has 0 bridgehead atoms. The molecular formula is C25H20Cl2FN5O3S. The number of benzene rings is 3. The Kier molecular flexibility index (Phi) is 8.65. The molecule has 0 aliphatic rings. The fourth-order valence-corrected chi connectivity index (χ4v) is 4.32. The number of methoxy groups -OCH3 is 1. The van der Waals surface area contributed by atoms with Crippen LogP contribution in [0.1, 0.15) is 16.2 Å². The number of carbonyl (C=O) groups excluding carboxylic acids is 2. The number of ether oxygens (including phenoxy) is 1. The third kappa shape index (κ3) is 6.79. The first-order chi connectivity index (χ1) is 17.8. The van der Waals surface area contributed by atoms with Crippen LogP contribution in [0.3, 0.4) is 0 Å². The van der Waals surface area contributed by atoms with Gasteiger partial charge in [0.25, 0.3) is 5.91 Å². The van der Waals surface area contributed by atoms with Gasteiger partial charge in [0, 0.05) is 11.3 Å². The van der Waals surface area contributed by atoms with Crippen molar-refractivity contribution in [2.24, 2.45) is 0 Å². The predicted molar refractivity (Wildman–Crippen MR) is 141 cm³/mol. The lowest BCUT2D eigenvalue weighted by Gasteiger charge is -2.12. The van der Waals surface area contributed by atoms with Crippen LogP contribution in [0.25, 0.3) is 5.69 Å². The second-order valence-electron chi connectivity index (χ2n) is 7.59. The van der Waals surface area contributed by atoms with Crippen molar-refractivity contribution in [1.29, 1.82) is 0 Å². The number of hydrogen-bond donors (Lipinski definition) is 2. The number of hydrogen-bond acceptors (Lipinski definition) is 6. The Hall–Kier alpha value is -3.60. The Morgan fingerprint density at radius 3 is 2.41 bits per heavy atom. The van der Waals surface area contributed by atoms with Crippen molar-refractivity contribution in [3.05, 3.63) is 94.0 Å². The van der Waals surface area contributed by atoms with Crippen LogP contribution in [0.15, 0.2) is 71.9 Å². The van der Waals surface area contributed by atoms with Crippen LogP contribution in [-0.2, 0) is 11.3 Å². The van der Waals surface area contributed by atoms with Crippen LogP contribution < -0.4 is 15.4 Å². The van der Waals surface area contributed by atoms with E-state index in [-0.39, 0.29) is 24.1 Å². The third-order valence-electron chi connectivity index (χ3n) is 5.08. The third-order valence-corrected chi connectivity index (χ3v) is 6.75. The number of nitrogens with one attached hydrogen (secondary N) is 2. The van der Waals surface area contributed by atoms with Crippen LogP contribution in [0, 0.1) is 5.82 Å². The second-order valence-corrected chi connectivity index (χ2v) is 9.34. The van der Waals surface area contributed by atoms with Gasteiger partial charge in [-0.05, 0) is 66.7 Å². The molecule has 0 unspecified atom stereocenters. The van der Waals surface area contributed by atoms with Crippen molar-refractivity contribution in [3.63, 3.8) is 0 Å². The van der Waals surface area contributed by atoms with Crippen molar-refractivity contribution in [3.8, 4) is 11.4 Å². The van der Waals surface area contributed by atoms with Crippen LogP contribution in [0.5, 0.6) is 5.75 Å². The van der Waals surface area contributed by atoms with Gasteiger partial charge >= 0.3 is 0 Å². The summed E-state index contributed by atoms with van der Waals surface area (Å²) < 4.78 is 19.9. The summed E-state index contributed by atoms with van der Waals surface area (Å²) in [4.78, 5) is 25.1. The van der Waals surface area contributed by atoms with E-state index in [1.165, 1.54) is 24.3 Å². The minimum Gasteiger partial charge on any atom is -0.497 e. The van der Waals surface area contributed by atoms with Gasteiger partial charge in [0.1, 0.15) is 11.6 Å². The Morgan fingerprint density at radius 1 is 1.00 bits per heavy atom. The molecule has 8 nitrogen and oxygen atoms in total. The minimum absolute atomic E-state index is 0.00897. The first kappa shape index (κ1) is 26.5. The predicted octanol–water partition coefficient (Wildman–Crippen LogP) is 5.38. The average molecular weight is 560 g/mol. The molecule has 0 aliphatic heterocycles. The zero-order chi connectivity index (χ0) is 26.4. The lowest BCUT2D eigenvalue weighted by Crippen LogP contribution is -2.24. The van der Waals surface area contributed by atoms with E-state index >= 15 is 0 Å². The molecule has 0 fully saturated rings. The Balaban J connectivity index is 1.51. The van der Waals surface area contributed by atoms with E-state index in [0.717, 1.165) is 11.8 Å². The molecule has 12 heteroatoms. The molecule has 4 rings (SSSR count). The van der Waals surface area contributed by atoms with Gasteiger partial charge in [-0.25, -0.2) is 4.39 Å². The summed E-state index contributed by atoms with van der Waals surface area (Å²) in [5.74, 6) is 0.0556. The van der Waals surface area contributed by atoms with Gasteiger partial charge < -0.3 is 15.4 Å². The molecule has 0 atom stereocenters. The minimum atomic E-state index is -0.395. The maximum atomic E-state index is 13.1. The Labute approximate surface area is 226 Å². The standard InChI is InChI=1S/C25H20Cl2FN5O3S/c1-36-19-9-2-15(3-10-19)24(35)29-13-22-31-32-25(33(22)18-8-11-20(26)21(27)12-18)37-14-23(34)30-17-6-4-16(28)5-7-17/h2-12H,13-14H2,1H3,(H,29,35)(H,30,34). The molecule has 1 heterocycles. The maximum absolute atomic E-state index is 13.1. The van der Waals surface area contributed by atoms with Crippen molar-refractivity contribution < 1.29 is 18.7 Å². The highest BCUT2D eigenvalue weighted by Crippen LogP contribution is 2.28. The SMILES string of the molecule is COc1ccc(C(=O)NCc2nnc(SCC(=O)Nc3ccc(F)cc3)n2-c2ccc(Cl)c(Cl)c2)cc1. The van der Waals surface area contributed by atoms with Gasteiger partial charge in [-0.15, -0.1) is 10.2 Å². The Morgan fingerprint density at radius 2 is 1.73 bits per heavy atom. The van der Waals surface area contributed by atoms with Crippen LogP contribution >= 0.6 is 35.0 Å². The number of thioether (sulfide) groups is 1. The van der Waals surface area contributed by atoms with Crippen LogP contribution in [0.4, 0.5) is 10.1 Å². The zero-order valence-electron chi connectivity index (χ0n) is 19.4. The summed E-state index contributed by atoms with van der Waals surface area (Å²) in [6.07, 6.45) is 0. The van der Waals surface area contributed by atoms with E-state index in [0.29, 0.717) is 43.7 Å². The summed E-state index contributed by atoms with van der Waals surface area (Å²) in [5.41, 5.74) is 1.53. The van der Waals surface area contributed by atoms with Crippen LogP contribution in [0.2, 0.25) is 10.0 Å². The highest BCUT2D eigenvalue weighted by Gasteiger charge is 2.18. The average Bonchev–Trinajstić information content (AvgIpc) is 3.31. The van der Waals surface area contributed by atoms with E-state index < -0.39 is 5.82 Å². The number of amides is 2. The van der Waals surface area contributed by atoms with E-state index in [1.54, 1.807) is 54.1 Å². The van der Waals surface area contributed by atoms with Gasteiger partial charge in [-0.2, -0.15) is 0 Å². The number of halogens is 3. The van der Waals surface area contributed by atoms with Gasteiger partial charge in [-0.3, -0.25) is 14.2 Å². The molecule has 3 aromatic carbocycles. The van der Waals surface area contributed by atoms with Crippen molar-refractivity contribution in [2.45, 2.75) is 11.7 Å². The van der Waals surface area contributed by atoms with Gasteiger partial charge in [0.2, 0.25) is 5.91 Å². The zero-order valence-corrected chi connectivity index (χ0v) is 21.7. The fraction of sp³-hybridized carbons (Fsp3) is 0.120. The molecule has 190 valence electrons. The van der Waals surface area contributed by atoms with Crippen molar-refractivity contribution >= 4 is 52.5 Å². The molecule has 2 N–H and O–H groups in total. The largest absolute Gasteiger partial charge is 0.497 e. The summed E-state index contributed by atoms with van der Waals surface area (Å²) in [6, 6.07) is 17.2. The first-order valence-electron chi connectivity index (χ1n) is 10.8. The number of carbonyl (C=O) groups is 2. The monoisotopic (exact) mass is 559 g/mol. The molecule has 37 heavy (non-hydrogen) atoms. The smallest absolute Gasteiger partial charge is 0.251 e. The van der Waals surface area contributed by atoms with Crippen molar-refractivity contribution in [2.75, 3.05) is 18.2 Å². The molecule has 4 aromatic rings. The molecule has 2 amide bonds. The number of nitrogens with zero attached hydrogens (tertiary/aromatic N) is 3. The quantitative estimate of drug-likeness (QED) is 0.267. The highest BCUT2D eigenvalue weighted by atomic mass is 35.5. The van der Waals surface area contributed by atoms with E-state index in [2.05, 4.69) is 20.8 Å². The van der Waals surface area contributed by atoms with E-state index in [1.807, 2.05) is 0 Å². The summed E-state index contributed by atoms with van der Waals surface area (Å²) >= 11 is 13.5. The number of aromatic nitrogens is 3. The molecular weight excluding hydrogens is 540 g/mol. The lowest BCUT2D eigenvalue weighted by atomic mass is 10.2. The van der Waals surface area contributed by atoms with Crippen molar-refractivity contribution in [1.82, 2.24) is 20.1 Å². The second kappa shape index (κ2) is 12.1. The molecule has 0 saturated heterocycles. The summed E-state index contributed by atoms with van der Waals surface area (Å²) in [7, 11) is 1.55. The molecule has 0 spiro atoms. The molecule has 0 aliphatic carbocycles. The van der Waals surface area contributed by atoms with Crippen LogP contribution in [-0.4, -0.2) is 39.4 Å². The van der Waals surface area contributed by atoms with E-state index in [4.69, 9.17) is 27.9 Å². The number of anilines is 1.